The molecule has 0 spiro atoms. The van der Waals surface area contributed by atoms with E-state index in [-0.39, 0.29) is 12.1 Å². The van der Waals surface area contributed by atoms with Crippen LogP contribution in [-0.2, 0) is 0 Å². The Hall–Kier alpha value is -2.16. The molecule has 2 aromatic carbocycles. The molecular weight excluding hydrogens is 188 g/mol. The fourth-order valence-corrected chi connectivity index (χ4v) is 1.68. The van der Waals surface area contributed by atoms with Crippen LogP contribution in [0.3, 0.4) is 0 Å². The largest absolute Gasteiger partial charge is 0.594 e. The summed E-state index contributed by atoms with van der Waals surface area (Å²) in [6.07, 6.45) is 0. The first-order valence-corrected chi connectivity index (χ1v) is 4.56. The molecule has 0 amide bonds. The van der Waals surface area contributed by atoms with Gasteiger partial charge in [0.2, 0.25) is 0 Å². The summed E-state index contributed by atoms with van der Waals surface area (Å²) in [5.41, 5.74) is 0.778. The van der Waals surface area contributed by atoms with Crippen LogP contribution in [0.2, 0.25) is 0 Å². The van der Waals surface area contributed by atoms with Crippen LogP contribution in [0.25, 0.3) is 21.8 Å². The van der Waals surface area contributed by atoms with Crippen molar-refractivity contribution in [3.05, 3.63) is 53.7 Å². The van der Waals surface area contributed by atoms with Gasteiger partial charge in [-0.25, -0.2) is 0 Å². The fraction of sp³-hybridized carbons (Fsp3) is 0. The fourth-order valence-electron chi connectivity index (χ4n) is 1.68. The van der Waals surface area contributed by atoms with Gasteiger partial charge in [0.1, 0.15) is 5.52 Å². The van der Waals surface area contributed by atoms with Gasteiger partial charge in [-0.1, -0.05) is 30.3 Å². The van der Waals surface area contributed by atoms with Gasteiger partial charge >= 0.3 is 0 Å². The average Bonchev–Trinajstić information content (AvgIpc) is 2.31. The molecule has 3 rings (SSSR count). The number of rotatable bonds is 0. The quantitative estimate of drug-likeness (QED) is 0.315. The van der Waals surface area contributed by atoms with Crippen molar-refractivity contribution in [3.63, 3.8) is 0 Å². The normalized spacial score (nSPS) is 12.8. The van der Waals surface area contributed by atoms with Crippen LogP contribution >= 0.6 is 0 Å². The van der Waals surface area contributed by atoms with Crippen LogP contribution in [-0.4, -0.2) is 5.10 Å². The first-order valence-electron chi connectivity index (χ1n) is 5.56. The number of hydrogen-bond acceptors (Lipinski definition) is 2. The standard InChI is InChI=1S/C12H8N2O/c15-14-12-8-4-2-6-10(12)9-5-1-3-7-11(9)13-14/h1-8H/i1D,7D. The zero-order chi connectivity index (χ0) is 12.0. The van der Waals surface area contributed by atoms with Crippen molar-refractivity contribution >= 4 is 21.8 Å². The van der Waals surface area contributed by atoms with E-state index in [0.717, 1.165) is 5.39 Å². The first-order chi connectivity index (χ1) is 8.16. The first kappa shape index (κ1) is 6.35. The second-order valence-electron chi connectivity index (χ2n) is 3.25. The summed E-state index contributed by atoms with van der Waals surface area (Å²) in [6, 6.07) is 10.4. The Morgan fingerprint density at radius 1 is 1.13 bits per heavy atom. The zero-order valence-corrected chi connectivity index (χ0v) is 7.77. The van der Waals surface area contributed by atoms with Crippen LogP contribution in [0.15, 0.2) is 48.5 Å². The molecule has 0 N–H and O–H groups in total. The van der Waals surface area contributed by atoms with Crippen molar-refractivity contribution in [2.45, 2.75) is 0 Å². The third-order valence-corrected chi connectivity index (χ3v) is 2.37. The maximum atomic E-state index is 11.7. The highest BCUT2D eigenvalue weighted by Gasteiger charge is 2.08. The van der Waals surface area contributed by atoms with Gasteiger partial charge in [0.05, 0.1) is 8.13 Å². The van der Waals surface area contributed by atoms with E-state index in [1.54, 1.807) is 24.3 Å². The molecule has 0 aliphatic carbocycles. The summed E-state index contributed by atoms with van der Waals surface area (Å²) in [5, 5.41) is 16.9. The Labute approximate surface area is 89.0 Å². The number of fused-ring (bicyclic) bond motifs is 3. The minimum atomic E-state index is 0.0999. The summed E-state index contributed by atoms with van der Waals surface area (Å²) in [5.74, 6) is 0. The van der Waals surface area contributed by atoms with Crippen LogP contribution in [0, 0.1) is 5.21 Å². The van der Waals surface area contributed by atoms with Crippen LogP contribution in [0.5, 0.6) is 0 Å². The van der Waals surface area contributed by atoms with Crippen molar-refractivity contribution in [2.24, 2.45) is 0 Å². The lowest BCUT2D eigenvalue weighted by atomic mass is 10.1. The molecule has 15 heavy (non-hydrogen) atoms. The zero-order valence-electron chi connectivity index (χ0n) is 9.77. The second kappa shape index (κ2) is 2.92. The minimum absolute atomic E-state index is 0.0999. The molecule has 3 aromatic rings. The van der Waals surface area contributed by atoms with Crippen molar-refractivity contribution in [3.8, 4) is 0 Å². The van der Waals surface area contributed by atoms with Crippen molar-refractivity contribution in [2.75, 3.05) is 0 Å². The van der Waals surface area contributed by atoms with Gasteiger partial charge in [0.25, 0.3) is 5.52 Å². The lowest BCUT2D eigenvalue weighted by molar-refractivity contribution is -0.639. The molecule has 72 valence electrons. The lowest BCUT2D eigenvalue weighted by Crippen LogP contribution is -2.31. The van der Waals surface area contributed by atoms with Gasteiger partial charge < -0.3 is 5.21 Å². The van der Waals surface area contributed by atoms with Crippen molar-refractivity contribution in [1.82, 2.24) is 5.10 Å². The minimum Gasteiger partial charge on any atom is -0.594 e. The Bertz CT molecular complexity index is 743. The van der Waals surface area contributed by atoms with E-state index in [2.05, 4.69) is 5.10 Å². The third-order valence-electron chi connectivity index (χ3n) is 2.37. The number of hydrogen-bond donors (Lipinski definition) is 0. The number of para-hydroxylation sites is 1. The highest BCUT2D eigenvalue weighted by molar-refractivity contribution is 6.01. The van der Waals surface area contributed by atoms with Crippen LogP contribution in [0.4, 0.5) is 0 Å². The lowest BCUT2D eigenvalue weighted by Gasteiger charge is -2.02. The van der Waals surface area contributed by atoms with Crippen molar-refractivity contribution < 1.29 is 7.59 Å². The van der Waals surface area contributed by atoms with Crippen LogP contribution < -0.4 is 4.85 Å². The van der Waals surface area contributed by atoms with Crippen molar-refractivity contribution in [1.29, 1.82) is 0 Å². The third kappa shape index (κ3) is 1.13. The number of aromatic nitrogens is 2. The molecule has 0 bridgehead atoms. The Morgan fingerprint density at radius 3 is 2.93 bits per heavy atom. The van der Waals surface area contributed by atoms with Gasteiger partial charge in [0.15, 0.2) is 0 Å². The molecule has 0 unspecified atom stereocenters. The Balaban J connectivity index is 2.63. The Morgan fingerprint density at radius 2 is 2.00 bits per heavy atom. The smallest absolute Gasteiger partial charge is 0.252 e. The maximum absolute atomic E-state index is 11.7. The van der Waals surface area contributed by atoms with Crippen LogP contribution in [0.1, 0.15) is 2.74 Å². The van der Waals surface area contributed by atoms with E-state index < -0.39 is 0 Å². The van der Waals surface area contributed by atoms with E-state index in [4.69, 9.17) is 2.74 Å². The summed E-state index contributed by atoms with van der Waals surface area (Å²) >= 11 is 0. The predicted octanol–water partition coefficient (Wildman–Crippen LogP) is 2.02. The topological polar surface area (TPSA) is 39.8 Å². The highest BCUT2D eigenvalue weighted by Crippen LogP contribution is 2.19. The molecule has 0 atom stereocenters. The molecule has 1 heterocycles. The Kier molecular flexibility index (Phi) is 1.23. The summed E-state index contributed by atoms with van der Waals surface area (Å²) in [7, 11) is 0. The molecule has 0 radical (unpaired) electrons. The molecular formula is C12H8N2O. The van der Waals surface area contributed by atoms with E-state index in [9.17, 15) is 5.21 Å². The highest BCUT2D eigenvalue weighted by atomic mass is 16.5. The van der Waals surface area contributed by atoms with E-state index in [1.165, 1.54) is 6.07 Å². The van der Waals surface area contributed by atoms with Gasteiger partial charge in [-0.3, -0.25) is 0 Å². The summed E-state index contributed by atoms with van der Waals surface area (Å²) < 4.78 is 15.4. The van der Waals surface area contributed by atoms with E-state index in [0.29, 0.717) is 21.3 Å². The average molecular weight is 198 g/mol. The monoisotopic (exact) mass is 198 g/mol. The van der Waals surface area contributed by atoms with Gasteiger partial charge in [-0.15, -0.1) is 0 Å². The van der Waals surface area contributed by atoms with Gasteiger partial charge in [0, 0.05) is 16.6 Å². The van der Waals surface area contributed by atoms with E-state index in [1.807, 2.05) is 6.07 Å². The number of nitrogens with zero attached hydrogens (tertiary/aromatic N) is 2. The molecule has 0 aliphatic rings. The van der Waals surface area contributed by atoms with Gasteiger partial charge in [-0.05, 0) is 17.0 Å². The summed E-state index contributed by atoms with van der Waals surface area (Å²) in [6.45, 7) is 0. The number of benzene rings is 2. The predicted molar refractivity (Wildman–Crippen MR) is 58.2 cm³/mol. The molecule has 1 aromatic heterocycles. The summed E-state index contributed by atoms with van der Waals surface area (Å²) in [4.78, 5) is 0.527. The SMILES string of the molecule is [2H]c1cc([2H])c2n[n+]([O-])c3ccccc3c2c1. The molecule has 0 aliphatic heterocycles. The molecule has 0 fully saturated rings. The maximum Gasteiger partial charge on any atom is 0.252 e. The van der Waals surface area contributed by atoms with E-state index >= 15 is 0 Å². The molecule has 3 heteroatoms. The molecule has 3 nitrogen and oxygen atoms in total. The second-order valence-corrected chi connectivity index (χ2v) is 3.25. The molecule has 0 saturated heterocycles. The van der Waals surface area contributed by atoms with Gasteiger partial charge in [-0.2, -0.15) is 0 Å². The molecule has 0 saturated carbocycles.